The zero-order valence-corrected chi connectivity index (χ0v) is 22.7. The summed E-state index contributed by atoms with van der Waals surface area (Å²) in [5.41, 5.74) is 0.0794. The van der Waals surface area contributed by atoms with Crippen LogP contribution in [-0.4, -0.2) is 33.7 Å². The molecule has 2 N–H and O–H groups in total. The quantitative estimate of drug-likeness (QED) is 0.205. The maximum atomic E-state index is 15.2. The molecule has 0 aliphatic heterocycles. The highest BCUT2D eigenvalue weighted by Crippen LogP contribution is 2.29. The van der Waals surface area contributed by atoms with Crippen LogP contribution in [0.25, 0.3) is 11.0 Å². The van der Waals surface area contributed by atoms with Crippen LogP contribution in [-0.2, 0) is 21.4 Å². The summed E-state index contributed by atoms with van der Waals surface area (Å²) < 4.78 is 73.5. The molecule has 0 aliphatic rings. The standard InChI is InChI=1S/C25H23F2N3O6S.C2H6/c1-15-18-9-8-17(35-24-20(26)6-4-10-28-24)14-22(18)36-25(31)19(15)13-16-5-3-7-21(23(16)27)30-37(32,33)29-11-12-34-2;1-2/h3-10,14,29-30H,11-13H2,1-2H3;1-2H3. The molecule has 2 aromatic carbocycles. The van der Waals surface area contributed by atoms with E-state index in [1.807, 2.05) is 13.8 Å². The van der Waals surface area contributed by atoms with Gasteiger partial charge in [0.05, 0.1) is 12.3 Å². The first kappa shape index (κ1) is 29.7. The highest BCUT2D eigenvalue weighted by Gasteiger charge is 2.19. The Morgan fingerprint density at radius 3 is 2.56 bits per heavy atom. The number of ether oxygens (including phenoxy) is 2. The fourth-order valence-corrected chi connectivity index (χ4v) is 4.52. The molecule has 0 unspecified atom stereocenters. The smallest absolute Gasteiger partial charge is 0.340 e. The van der Waals surface area contributed by atoms with E-state index in [4.69, 9.17) is 13.9 Å². The summed E-state index contributed by atoms with van der Waals surface area (Å²) in [6.45, 7) is 5.85. The number of fused-ring (bicyclic) bond motifs is 1. The van der Waals surface area contributed by atoms with Crippen molar-refractivity contribution in [3.63, 3.8) is 0 Å². The van der Waals surface area contributed by atoms with E-state index in [1.165, 1.54) is 49.7 Å². The number of aromatic nitrogens is 1. The number of hydrogen-bond donors (Lipinski definition) is 2. The van der Waals surface area contributed by atoms with Gasteiger partial charge in [-0.1, -0.05) is 26.0 Å². The number of benzene rings is 2. The van der Waals surface area contributed by atoms with Crippen molar-refractivity contribution < 1.29 is 31.1 Å². The molecule has 4 aromatic rings. The molecule has 0 atom stereocenters. The second kappa shape index (κ2) is 13.3. The Morgan fingerprint density at radius 2 is 1.85 bits per heavy atom. The molecule has 2 heterocycles. The minimum Gasteiger partial charge on any atom is -0.436 e. The fraction of sp³-hybridized carbons (Fsp3) is 0.259. The summed E-state index contributed by atoms with van der Waals surface area (Å²) in [6, 6.07) is 11.5. The third kappa shape index (κ3) is 7.37. The number of anilines is 1. The van der Waals surface area contributed by atoms with Crippen molar-refractivity contribution in [3.05, 3.63) is 93.5 Å². The van der Waals surface area contributed by atoms with Gasteiger partial charge in [-0.2, -0.15) is 13.1 Å². The molecule has 2 aromatic heterocycles. The Hall–Kier alpha value is -3.87. The van der Waals surface area contributed by atoms with E-state index in [-0.39, 0.29) is 53.6 Å². The van der Waals surface area contributed by atoms with Crippen molar-refractivity contribution in [3.8, 4) is 11.6 Å². The van der Waals surface area contributed by atoms with Crippen LogP contribution < -0.4 is 19.8 Å². The van der Waals surface area contributed by atoms with Crippen LogP contribution in [0.2, 0.25) is 0 Å². The zero-order chi connectivity index (χ0) is 28.6. The van der Waals surface area contributed by atoms with Crippen LogP contribution in [0.4, 0.5) is 14.5 Å². The number of halogens is 2. The van der Waals surface area contributed by atoms with Crippen molar-refractivity contribution in [2.24, 2.45) is 0 Å². The number of hydrogen-bond acceptors (Lipinski definition) is 7. The van der Waals surface area contributed by atoms with Gasteiger partial charge < -0.3 is 13.9 Å². The molecule has 0 radical (unpaired) electrons. The van der Waals surface area contributed by atoms with Gasteiger partial charge in [0.1, 0.15) is 11.3 Å². The van der Waals surface area contributed by atoms with Gasteiger partial charge in [0.15, 0.2) is 11.6 Å². The van der Waals surface area contributed by atoms with Gasteiger partial charge in [-0.05, 0) is 48.4 Å². The lowest BCUT2D eigenvalue weighted by molar-refractivity contribution is 0.204. The van der Waals surface area contributed by atoms with Crippen LogP contribution in [0.3, 0.4) is 0 Å². The maximum absolute atomic E-state index is 15.2. The van der Waals surface area contributed by atoms with Crippen LogP contribution in [0.1, 0.15) is 30.5 Å². The molecule has 0 saturated heterocycles. The van der Waals surface area contributed by atoms with Crippen molar-refractivity contribution >= 4 is 26.9 Å². The Labute approximate surface area is 225 Å². The van der Waals surface area contributed by atoms with E-state index < -0.39 is 27.5 Å². The molecule has 0 spiro atoms. The minimum atomic E-state index is -4.03. The molecular weight excluding hydrogens is 532 g/mol. The maximum Gasteiger partial charge on any atom is 0.340 e. The number of nitrogens with one attached hydrogen (secondary N) is 2. The summed E-state index contributed by atoms with van der Waals surface area (Å²) >= 11 is 0. The lowest BCUT2D eigenvalue weighted by atomic mass is 9.99. The summed E-state index contributed by atoms with van der Waals surface area (Å²) in [4.78, 5) is 16.6. The van der Waals surface area contributed by atoms with E-state index in [9.17, 15) is 17.6 Å². The first-order chi connectivity index (χ1) is 18.7. The van der Waals surface area contributed by atoms with Crippen molar-refractivity contribution in [1.29, 1.82) is 0 Å². The zero-order valence-electron chi connectivity index (χ0n) is 21.9. The topological polar surface area (TPSA) is 120 Å². The fourth-order valence-electron chi connectivity index (χ4n) is 3.64. The van der Waals surface area contributed by atoms with Gasteiger partial charge in [-0.3, -0.25) is 4.72 Å². The molecule has 0 aliphatic carbocycles. The van der Waals surface area contributed by atoms with E-state index in [2.05, 4.69) is 14.4 Å². The molecule has 9 nitrogen and oxygen atoms in total. The van der Waals surface area contributed by atoms with Crippen molar-refractivity contribution in [2.75, 3.05) is 25.0 Å². The lowest BCUT2D eigenvalue weighted by Crippen LogP contribution is -2.33. The minimum absolute atomic E-state index is 0.00797. The predicted molar refractivity (Wildman–Crippen MR) is 144 cm³/mol. The van der Waals surface area contributed by atoms with E-state index in [1.54, 1.807) is 19.1 Å². The average Bonchev–Trinajstić information content (AvgIpc) is 2.91. The lowest BCUT2D eigenvalue weighted by Gasteiger charge is -2.13. The van der Waals surface area contributed by atoms with Crippen LogP contribution in [0.5, 0.6) is 11.6 Å². The Kier molecular flexibility index (Phi) is 10.1. The highest BCUT2D eigenvalue weighted by atomic mass is 32.2. The third-order valence-electron chi connectivity index (χ3n) is 5.49. The average molecular weight is 562 g/mol. The summed E-state index contributed by atoms with van der Waals surface area (Å²) in [7, 11) is -2.61. The monoisotopic (exact) mass is 561 g/mol. The van der Waals surface area contributed by atoms with Crippen molar-refractivity contribution in [2.45, 2.75) is 27.2 Å². The number of nitrogens with zero attached hydrogens (tertiary/aromatic N) is 1. The Bertz CT molecular complexity index is 1610. The summed E-state index contributed by atoms with van der Waals surface area (Å²) in [6.07, 6.45) is 1.24. The number of methoxy groups -OCH3 is 1. The summed E-state index contributed by atoms with van der Waals surface area (Å²) in [5, 5.41) is 0.572. The SMILES string of the molecule is CC.COCCNS(=O)(=O)Nc1cccc(Cc2c(C)c3ccc(Oc4ncccc4F)cc3oc2=O)c1F. The van der Waals surface area contributed by atoms with Gasteiger partial charge in [0, 0.05) is 43.3 Å². The molecule has 0 saturated carbocycles. The van der Waals surface area contributed by atoms with Crippen LogP contribution in [0.15, 0.2) is 63.9 Å². The summed E-state index contributed by atoms with van der Waals surface area (Å²) in [5.74, 6) is -1.48. The number of pyridine rings is 1. The Morgan fingerprint density at radius 1 is 1.08 bits per heavy atom. The largest absolute Gasteiger partial charge is 0.436 e. The van der Waals surface area contributed by atoms with E-state index >= 15 is 4.39 Å². The molecular formula is C27H29F2N3O6S. The first-order valence-corrected chi connectivity index (χ1v) is 13.6. The van der Waals surface area contributed by atoms with Gasteiger partial charge in [-0.15, -0.1) is 0 Å². The molecule has 4 rings (SSSR count). The first-order valence-electron chi connectivity index (χ1n) is 12.1. The van der Waals surface area contributed by atoms with E-state index in [0.29, 0.717) is 10.9 Å². The molecule has 0 bridgehead atoms. The van der Waals surface area contributed by atoms with Crippen LogP contribution >= 0.6 is 0 Å². The molecule has 208 valence electrons. The number of rotatable bonds is 10. The van der Waals surface area contributed by atoms with Gasteiger partial charge in [0.2, 0.25) is 0 Å². The number of aryl methyl sites for hydroxylation is 1. The van der Waals surface area contributed by atoms with Crippen LogP contribution in [0, 0.1) is 18.6 Å². The third-order valence-corrected chi connectivity index (χ3v) is 6.56. The van der Waals surface area contributed by atoms with E-state index in [0.717, 1.165) is 0 Å². The molecule has 0 fully saturated rings. The van der Waals surface area contributed by atoms with Crippen molar-refractivity contribution in [1.82, 2.24) is 9.71 Å². The van der Waals surface area contributed by atoms with Gasteiger partial charge >= 0.3 is 5.63 Å². The molecule has 12 heteroatoms. The van der Waals surface area contributed by atoms with Gasteiger partial charge in [0.25, 0.3) is 16.1 Å². The Balaban J connectivity index is 0.00000205. The highest BCUT2D eigenvalue weighted by molar-refractivity contribution is 7.90. The second-order valence-electron chi connectivity index (χ2n) is 7.99. The van der Waals surface area contributed by atoms with Gasteiger partial charge in [-0.25, -0.2) is 18.6 Å². The predicted octanol–water partition coefficient (Wildman–Crippen LogP) is 5.08. The normalized spacial score (nSPS) is 11.1. The molecule has 0 amide bonds. The second-order valence-corrected chi connectivity index (χ2v) is 9.49. The molecule has 39 heavy (non-hydrogen) atoms.